The van der Waals surface area contributed by atoms with Crippen LogP contribution < -0.4 is 10.6 Å². The molecule has 3 N–H and O–H groups in total. The molecule has 2 aromatic rings. The van der Waals surface area contributed by atoms with Crippen LogP contribution in [-0.4, -0.2) is 29.0 Å². The van der Waals surface area contributed by atoms with Gasteiger partial charge >= 0.3 is 0 Å². The summed E-state index contributed by atoms with van der Waals surface area (Å²) < 4.78 is 0. The highest BCUT2D eigenvalue weighted by molar-refractivity contribution is 5.99. The average molecular weight is 286 g/mol. The summed E-state index contributed by atoms with van der Waals surface area (Å²) in [5.41, 5.74) is 2.72. The van der Waals surface area contributed by atoms with Gasteiger partial charge in [0.2, 0.25) is 0 Å². The molecule has 0 saturated heterocycles. The first-order valence-corrected chi connectivity index (χ1v) is 7.31. The Morgan fingerprint density at radius 1 is 1.33 bits per heavy atom. The Kier molecular flexibility index (Phi) is 5.37. The molecule has 21 heavy (non-hydrogen) atoms. The average Bonchev–Trinajstić information content (AvgIpc) is 2.98. The molecule has 5 nitrogen and oxygen atoms in total. The number of aryl methyl sites for hydroxylation is 1. The van der Waals surface area contributed by atoms with E-state index in [1.54, 1.807) is 12.4 Å². The second-order valence-corrected chi connectivity index (χ2v) is 5.02. The van der Waals surface area contributed by atoms with Crippen molar-refractivity contribution in [3.05, 3.63) is 47.5 Å². The minimum Gasteiger partial charge on any atom is -0.384 e. The Labute approximate surface area is 125 Å². The zero-order valence-corrected chi connectivity index (χ0v) is 12.6. The highest BCUT2D eigenvalue weighted by Gasteiger charge is 2.11. The van der Waals surface area contributed by atoms with Crippen molar-refractivity contribution in [2.45, 2.75) is 26.7 Å². The molecule has 1 aromatic carbocycles. The Morgan fingerprint density at radius 3 is 2.90 bits per heavy atom. The van der Waals surface area contributed by atoms with Crippen LogP contribution >= 0.6 is 0 Å². The van der Waals surface area contributed by atoms with Gasteiger partial charge in [-0.3, -0.25) is 4.79 Å². The lowest BCUT2D eigenvalue weighted by atomic mass is 10.1. The molecule has 0 aliphatic rings. The Hall–Kier alpha value is -2.30. The van der Waals surface area contributed by atoms with Gasteiger partial charge in [-0.15, -0.1) is 0 Å². The molecule has 0 atom stereocenters. The number of benzene rings is 1. The fraction of sp³-hybridized carbons (Fsp3) is 0.375. The van der Waals surface area contributed by atoms with Crippen LogP contribution in [0, 0.1) is 6.92 Å². The third-order valence-electron chi connectivity index (χ3n) is 3.19. The summed E-state index contributed by atoms with van der Waals surface area (Å²) >= 11 is 0. The number of H-pyrrole nitrogens is 1. The van der Waals surface area contributed by atoms with Crippen molar-refractivity contribution in [3.63, 3.8) is 0 Å². The fourth-order valence-corrected chi connectivity index (χ4v) is 2.09. The normalized spacial score (nSPS) is 10.4. The first kappa shape index (κ1) is 15.1. The molecule has 0 fully saturated rings. The number of nitrogens with zero attached hydrogens (tertiary/aromatic N) is 1. The molecule has 1 aromatic heterocycles. The van der Waals surface area contributed by atoms with Crippen molar-refractivity contribution >= 4 is 11.6 Å². The third kappa shape index (κ3) is 4.34. The molecule has 5 heteroatoms. The van der Waals surface area contributed by atoms with E-state index in [1.807, 2.05) is 25.1 Å². The first-order chi connectivity index (χ1) is 10.2. The van der Waals surface area contributed by atoms with E-state index in [2.05, 4.69) is 27.5 Å². The number of aromatic amines is 1. The minimum atomic E-state index is -0.0554. The molecule has 0 aliphatic carbocycles. The van der Waals surface area contributed by atoms with Crippen molar-refractivity contribution in [2.24, 2.45) is 0 Å². The van der Waals surface area contributed by atoms with Gasteiger partial charge in [-0.25, -0.2) is 4.98 Å². The lowest BCUT2D eigenvalue weighted by molar-refractivity contribution is 0.0955. The topological polar surface area (TPSA) is 69.8 Å². The predicted octanol–water partition coefficient (Wildman–Crippen LogP) is 2.51. The van der Waals surface area contributed by atoms with Gasteiger partial charge in [-0.05, 0) is 31.0 Å². The minimum absolute atomic E-state index is 0.0554. The van der Waals surface area contributed by atoms with Crippen LogP contribution in [0.1, 0.15) is 35.1 Å². The quantitative estimate of drug-likeness (QED) is 0.732. The summed E-state index contributed by atoms with van der Waals surface area (Å²) in [5, 5.41) is 6.24. The van der Waals surface area contributed by atoms with E-state index < -0.39 is 0 Å². The van der Waals surface area contributed by atoms with Crippen molar-refractivity contribution < 1.29 is 4.79 Å². The van der Waals surface area contributed by atoms with Gasteiger partial charge < -0.3 is 15.6 Å². The van der Waals surface area contributed by atoms with Gasteiger partial charge in [0.25, 0.3) is 5.91 Å². The van der Waals surface area contributed by atoms with E-state index in [0.717, 1.165) is 30.0 Å². The lowest BCUT2D eigenvalue weighted by Crippen LogP contribution is -2.27. The molecule has 0 aliphatic heterocycles. The van der Waals surface area contributed by atoms with Crippen molar-refractivity contribution in [1.82, 2.24) is 15.3 Å². The molecule has 0 bridgehead atoms. The van der Waals surface area contributed by atoms with Gasteiger partial charge in [-0.2, -0.15) is 0 Å². The summed E-state index contributed by atoms with van der Waals surface area (Å²) in [6.45, 7) is 5.55. The van der Waals surface area contributed by atoms with Crippen LogP contribution in [0.2, 0.25) is 0 Å². The monoisotopic (exact) mass is 286 g/mol. The van der Waals surface area contributed by atoms with Crippen LogP contribution in [-0.2, 0) is 6.42 Å². The second kappa shape index (κ2) is 7.47. The Morgan fingerprint density at radius 2 is 2.19 bits per heavy atom. The molecular weight excluding hydrogens is 264 g/mol. The summed E-state index contributed by atoms with van der Waals surface area (Å²) in [6, 6.07) is 5.84. The van der Waals surface area contributed by atoms with Crippen molar-refractivity contribution in [2.75, 3.05) is 18.4 Å². The van der Waals surface area contributed by atoms with Gasteiger partial charge in [0, 0.05) is 37.6 Å². The number of anilines is 1. The van der Waals surface area contributed by atoms with Gasteiger partial charge in [0.05, 0.1) is 5.56 Å². The maximum Gasteiger partial charge on any atom is 0.253 e. The van der Waals surface area contributed by atoms with Gasteiger partial charge in [0.1, 0.15) is 5.82 Å². The van der Waals surface area contributed by atoms with Crippen LogP contribution in [0.4, 0.5) is 5.69 Å². The van der Waals surface area contributed by atoms with E-state index in [0.29, 0.717) is 18.5 Å². The molecule has 0 spiro atoms. The molecule has 0 saturated carbocycles. The van der Waals surface area contributed by atoms with Gasteiger partial charge in [-0.1, -0.05) is 13.0 Å². The standard InChI is InChI=1S/C16H22N4O/c1-3-7-17-14-11-12(2)4-5-13(14)16(21)20-8-6-15-18-9-10-19-15/h4-5,9-11,17H,3,6-8H2,1-2H3,(H,18,19)(H,20,21). The molecule has 2 rings (SSSR count). The SMILES string of the molecule is CCCNc1cc(C)ccc1C(=O)NCCc1ncc[nH]1. The Balaban J connectivity index is 1.97. The summed E-state index contributed by atoms with van der Waals surface area (Å²) in [5.74, 6) is 0.823. The second-order valence-electron chi connectivity index (χ2n) is 5.02. The molecule has 1 amide bonds. The van der Waals surface area contributed by atoms with Crippen molar-refractivity contribution in [1.29, 1.82) is 0 Å². The summed E-state index contributed by atoms with van der Waals surface area (Å²) in [6.07, 6.45) is 5.21. The van der Waals surface area contributed by atoms with Gasteiger partial charge in [0.15, 0.2) is 0 Å². The fourth-order valence-electron chi connectivity index (χ4n) is 2.09. The molecule has 112 valence electrons. The number of aromatic nitrogens is 2. The first-order valence-electron chi connectivity index (χ1n) is 7.31. The van der Waals surface area contributed by atoms with E-state index in [1.165, 1.54) is 0 Å². The van der Waals surface area contributed by atoms with E-state index in [-0.39, 0.29) is 5.91 Å². The van der Waals surface area contributed by atoms with E-state index >= 15 is 0 Å². The number of imidazole rings is 1. The summed E-state index contributed by atoms with van der Waals surface area (Å²) in [4.78, 5) is 19.4. The maximum atomic E-state index is 12.3. The van der Waals surface area contributed by atoms with Crippen LogP contribution in [0.25, 0.3) is 0 Å². The van der Waals surface area contributed by atoms with Crippen molar-refractivity contribution in [3.8, 4) is 0 Å². The number of rotatable bonds is 7. The number of hydrogen-bond donors (Lipinski definition) is 3. The van der Waals surface area contributed by atoms with E-state index in [4.69, 9.17) is 0 Å². The molecule has 0 unspecified atom stereocenters. The van der Waals surface area contributed by atoms with Crippen LogP contribution in [0.15, 0.2) is 30.6 Å². The van der Waals surface area contributed by atoms with Crippen LogP contribution in [0.3, 0.4) is 0 Å². The Bertz CT molecular complexity index is 578. The zero-order valence-electron chi connectivity index (χ0n) is 12.6. The summed E-state index contributed by atoms with van der Waals surface area (Å²) in [7, 11) is 0. The molecular formula is C16H22N4O. The number of amides is 1. The largest absolute Gasteiger partial charge is 0.384 e. The number of carbonyl (C=O) groups excluding carboxylic acids is 1. The third-order valence-corrected chi connectivity index (χ3v) is 3.19. The highest BCUT2D eigenvalue weighted by atomic mass is 16.1. The zero-order chi connectivity index (χ0) is 15.1. The number of carbonyl (C=O) groups is 1. The maximum absolute atomic E-state index is 12.3. The van der Waals surface area contributed by atoms with Crippen LogP contribution in [0.5, 0.6) is 0 Å². The molecule has 1 heterocycles. The predicted molar refractivity (Wildman–Crippen MR) is 84.6 cm³/mol. The highest BCUT2D eigenvalue weighted by Crippen LogP contribution is 2.17. The molecule has 0 radical (unpaired) electrons. The van der Waals surface area contributed by atoms with E-state index in [9.17, 15) is 4.79 Å². The smallest absolute Gasteiger partial charge is 0.253 e. The number of nitrogens with one attached hydrogen (secondary N) is 3. The number of hydrogen-bond acceptors (Lipinski definition) is 3. The lowest BCUT2D eigenvalue weighted by Gasteiger charge is -2.12.